The van der Waals surface area contributed by atoms with Crippen LogP contribution in [-0.4, -0.2) is 19.0 Å². The summed E-state index contributed by atoms with van der Waals surface area (Å²) < 4.78 is 10.8. The van der Waals surface area contributed by atoms with Crippen LogP contribution < -0.4 is 10.1 Å². The molecule has 5 nitrogen and oxygen atoms in total. The van der Waals surface area contributed by atoms with Crippen molar-refractivity contribution in [3.8, 4) is 5.75 Å². The molecular formula is C21H23NO4. The number of carbonyl (C=O) groups excluding carboxylic acids is 2. The summed E-state index contributed by atoms with van der Waals surface area (Å²) in [5.41, 5.74) is 1.24. The first-order valence-electron chi connectivity index (χ1n) is 8.88. The average molecular weight is 353 g/mol. The van der Waals surface area contributed by atoms with E-state index >= 15 is 0 Å². The molecule has 0 aromatic heterocycles. The van der Waals surface area contributed by atoms with Gasteiger partial charge in [0, 0.05) is 17.3 Å². The van der Waals surface area contributed by atoms with Crippen LogP contribution in [-0.2, 0) is 14.3 Å². The van der Waals surface area contributed by atoms with Gasteiger partial charge in [-0.05, 0) is 25.0 Å². The van der Waals surface area contributed by atoms with E-state index in [0.717, 1.165) is 25.7 Å². The molecule has 1 atom stereocenters. The molecule has 0 radical (unpaired) electrons. The molecule has 1 aliphatic rings. The molecule has 0 spiro atoms. The van der Waals surface area contributed by atoms with Gasteiger partial charge in [-0.1, -0.05) is 49.2 Å². The normalized spacial score (nSPS) is 15.3. The largest absolute Gasteiger partial charge is 0.497 e. The van der Waals surface area contributed by atoms with Gasteiger partial charge >= 0.3 is 5.97 Å². The third-order valence-corrected chi connectivity index (χ3v) is 4.60. The maximum Gasteiger partial charge on any atom is 0.310 e. The van der Waals surface area contributed by atoms with Crippen LogP contribution in [0.15, 0.2) is 54.6 Å². The Balaban J connectivity index is 1.77. The predicted molar refractivity (Wildman–Crippen MR) is 98.9 cm³/mol. The second-order valence-corrected chi connectivity index (χ2v) is 6.43. The lowest BCUT2D eigenvalue weighted by atomic mass is 10.1. The second-order valence-electron chi connectivity index (χ2n) is 6.43. The third kappa shape index (κ3) is 4.42. The average Bonchev–Trinajstić information content (AvgIpc) is 3.21. The van der Waals surface area contributed by atoms with Crippen molar-refractivity contribution < 1.29 is 19.1 Å². The van der Waals surface area contributed by atoms with Crippen molar-refractivity contribution in [3.63, 3.8) is 0 Å². The van der Waals surface area contributed by atoms with E-state index < -0.39 is 6.10 Å². The number of methoxy groups -OCH3 is 1. The Morgan fingerprint density at radius 1 is 1.04 bits per heavy atom. The van der Waals surface area contributed by atoms with Gasteiger partial charge < -0.3 is 14.8 Å². The van der Waals surface area contributed by atoms with Crippen molar-refractivity contribution in [1.82, 2.24) is 0 Å². The Labute approximate surface area is 153 Å². The molecular weight excluding hydrogens is 330 g/mol. The molecule has 0 bridgehead atoms. The van der Waals surface area contributed by atoms with Gasteiger partial charge in [-0.2, -0.15) is 0 Å². The number of hydrogen-bond donors (Lipinski definition) is 1. The Morgan fingerprint density at radius 2 is 1.77 bits per heavy atom. The van der Waals surface area contributed by atoms with Crippen molar-refractivity contribution in [2.24, 2.45) is 5.92 Å². The van der Waals surface area contributed by atoms with Crippen LogP contribution in [0.5, 0.6) is 5.75 Å². The maximum absolute atomic E-state index is 12.8. The highest BCUT2D eigenvalue weighted by Crippen LogP contribution is 2.29. The van der Waals surface area contributed by atoms with E-state index in [2.05, 4.69) is 5.32 Å². The van der Waals surface area contributed by atoms with Crippen molar-refractivity contribution in [2.75, 3.05) is 12.4 Å². The number of esters is 1. The highest BCUT2D eigenvalue weighted by atomic mass is 16.5. The van der Waals surface area contributed by atoms with Gasteiger partial charge in [-0.25, -0.2) is 0 Å². The van der Waals surface area contributed by atoms with E-state index in [1.165, 1.54) is 0 Å². The van der Waals surface area contributed by atoms with Crippen LogP contribution in [0.4, 0.5) is 5.69 Å². The number of ether oxygens (including phenoxy) is 2. The number of benzene rings is 2. The van der Waals surface area contributed by atoms with Gasteiger partial charge in [0.2, 0.25) is 6.10 Å². The summed E-state index contributed by atoms with van der Waals surface area (Å²) in [4.78, 5) is 25.3. The molecule has 26 heavy (non-hydrogen) atoms. The van der Waals surface area contributed by atoms with Gasteiger partial charge in [-0.15, -0.1) is 0 Å². The fraction of sp³-hybridized carbons (Fsp3) is 0.333. The van der Waals surface area contributed by atoms with Crippen LogP contribution in [0.2, 0.25) is 0 Å². The van der Waals surface area contributed by atoms with Crippen molar-refractivity contribution in [3.05, 3.63) is 60.2 Å². The SMILES string of the molecule is COc1cccc(NC(=O)[C@H](OC(=O)C2CCCC2)c2ccccc2)c1. The Kier molecular flexibility index (Phi) is 5.89. The molecule has 136 valence electrons. The summed E-state index contributed by atoms with van der Waals surface area (Å²) in [5.74, 6) is -0.138. The molecule has 0 heterocycles. The highest BCUT2D eigenvalue weighted by molar-refractivity contribution is 5.96. The van der Waals surface area contributed by atoms with Crippen LogP contribution in [0, 0.1) is 5.92 Å². The molecule has 1 amide bonds. The quantitative estimate of drug-likeness (QED) is 0.794. The zero-order valence-electron chi connectivity index (χ0n) is 14.8. The van der Waals surface area contributed by atoms with Gasteiger partial charge in [0.05, 0.1) is 13.0 Å². The molecule has 0 unspecified atom stereocenters. The molecule has 0 aliphatic heterocycles. The lowest BCUT2D eigenvalue weighted by Crippen LogP contribution is -2.28. The molecule has 1 saturated carbocycles. The standard InChI is InChI=1S/C21H23NO4/c1-25-18-13-7-12-17(14-18)22-20(23)19(15-8-3-2-4-9-15)26-21(24)16-10-5-6-11-16/h2-4,7-9,12-14,16,19H,5-6,10-11H2,1H3,(H,22,23)/t19-/m1/s1. The minimum absolute atomic E-state index is 0.106. The van der Waals surface area contributed by atoms with E-state index in [0.29, 0.717) is 17.0 Å². The van der Waals surface area contributed by atoms with Gasteiger partial charge in [-0.3, -0.25) is 9.59 Å². The summed E-state index contributed by atoms with van der Waals surface area (Å²) in [5, 5.41) is 2.82. The lowest BCUT2D eigenvalue weighted by molar-refractivity contribution is -0.158. The molecule has 5 heteroatoms. The molecule has 2 aromatic rings. The number of amides is 1. The van der Waals surface area contributed by atoms with E-state index in [-0.39, 0.29) is 17.8 Å². The summed E-state index contributed by atoms with van der Waals surface area (Å²) in [6.45, 7) is 0. The topological polar surface area (TPSA) is 64.6 Å². The number of hydrogen-bond acceptors (Lipinski definition) is 4. The fourth-order valence-electron chi connectivity index (χ4n) is 3.18. The molecule has 1 aliphatic carbocycles. The lowest BCUT2D eigenvalue weighted by Gasteiger charge is -2.20. The predicted octanol–water partition coefficient (Wildman–Crippen LogP) is 4.11. The first-order valence-corrected chi connectivity index (χ1v) is 8.88. The molecule has 1 fully saturated rings. The smallest absolute Gasteiger partial charge is 0.310 e. The first kappa shape index (κ1) is 18.0. The zero-order chi connectivity index (χ0) is 18.4. The van der Waals surface area contributed by atoms with E-state index in [4.69, 9.17) is 9.47 Å². The third-order valence-electron chi connectivity index (χ3n) is 4.60. The van der Waals surface area contributed by atoms with Crippen molar-refractivity contribution >= 4 is 17.6 Å². The molecule has 3 rings (SSSR count). The van der Waals surface area contributed by atoms with E-state index in [1.807, 2.05) is 18.2 Å². The monoisotopic (exact) mass is 353 g/mol. The summed E-state index contributed by atoms with van der Waals surface area (Å²) in [7, 11) is 1.57. The second kappa shape index (κ2) is 8.52. The molecule has 0 saturated heterocycles. The van der Waals surface area contributed by atoms with Crippen molar-refractivity contribution in [2.45, 2.75) is 31.8 Å². The van der Waals surface area contributed by atoms with Crippen LogP contribution >= 0.6 is 0 Å². The first-order chi connectivity index (χ1) is 12.7. The zero-order valence-corrected chi connectivity index (χ0v) is 14.8. The van der Waals surface area contributed by atoms with Crippen LogP contribution in [0.25, 0.3) is 0 Å². The Bertz CT molecular complexity index is 754. The highest BCUT2D eigenvalue weighted by Gasteiger charge is 2.30. The Morgan fingerprint density at radius 3 is 2.46 bits per heavy atom. The molecule has 1 N–H and O–H groups in total. The number of carbonyl (C=O) groups is 2. The maximum atomic E-state index is 12.8. The minimum Gasteiger partial charge on any atom is -0.497 e. The van der Waals surface area contributed by atoms with Gasteiger partial charge in [0.1, 0.15) is 5.75 Å². The van der Waals surface area contributed by atoms with Crippen LogP contribution in [0.1, 0.15) is 37.4 Å². The number of rotatable bonds is 6. The van der Waals surface area contributed by atoms with Gasteiger partial charge in [0.25, 0.3) is 5.91 Å². The van der Waals surface area contributed by atoms with Crippen LogP contribution in [0.3, 0.4) is 0 Å². The van der Waals surface area contributed by atoms with Crippen molar-refractivity contribution in [1.29, 1.82) is 0 Å². The number of anilines is 1. The fourth-order valence-corrected chi connectivity index (χ4v) is 3.18. The summed E-state index contributed by atoms with van der Waals surface area (Å²) >= 11 is 0. The summed E-state index contributed by atoms with van der Waals surface area (Å²) in [6.07, 6.45) is 2.75. The Hall–Kier alpha value is -2.82. The molecule has 2 aromatic carbocycles. The minimum atomic E-state index is -0.976. The van der Waals surface area contributed by atoms with E-state index in [1.54, 1.807) is 43.5 Å². The van der Waals surface area contributed by atoms with Gasteiger partial charge in [0.15, 0.2) is 0 Å². The van der Waals surface area contributed by atoms with E-state index in [9.17, 15) is 9.59 Å². The summed E-state index contributed by atoms with van der Waals surface area (Å²) in [6, 6.07) is 16.2. The number of nitrogens with one attached hydrogen (secondary N) is 1.